The number of hydrogen-bond donors (Lipinski definition) is 0. The van der Waals surface area contributed by atoms with E-state index < -0.39 is 0 Å². The van der Waals surface area contributed by atoms with Gasteiger partial charge in [-0.15, -0.1) is 0 Å². The maximum Gasteiger partial charge on any atom is 0.0856 e. The number of piperazine rings is 1. The normalized spacial score (nSPS) is 15.7. The van der Waals surface area contributed by atoms with Crippen molar-refractivity contribution in [1.82, 2.24) is 4.90 Å². The summed E-state index contributed by atoms with van der Waals surface area (Å²) in [4.78, 5) is 4.63. The lowest BCUT2D eigenvalue weighted by Crippen LogP contribution is -2.44. The second-order valence-electron chi connectivity index (χ2n) is 5.35. The zero-order chi connectivity index (χ0) is 15.9. The van der Waals surface area contributed by atoms with Crippen LogP contribution in [0, 0.1) is 0 Å². The van der Waals surface area contributed by atoms with Gasteiger partial charge in [0.25, 0.3) is 0 Å². The predicted octanol–water partition coefficient (Wildman–Crippen LogP) is 4.72. The number of hydrogen-bond acceptors (Lipinski definition) is 4. The Labute approximate surface area is 141 Å². The van der Waals surface area contributed by atoms with Gasteiger partial charge in [-0.05, 0) is 36.4 Å². The highest BCUT2D eigenvalue weighted by molar-refractivity contribution is 6.30. The first-order chi connectivity index (χ1) is 11.3. The summed E-state index contributed by atoms with van der Waals surface area (Å²) in [6, 6.07) is 17.8. The highest BCUT2D eigenvalue weighted by Crippen LogP contribution is 2.19. The van der Waals surface area contributed by atoms with Crippen LogP contribution in [-0.4, -0.2) is 31.1 Å². The Hall–Kier alpha value is -2.33. The third kappa shape index (κ3) is 4.57. The van der Waals surface area contributed by atoms with Gasteiger partial charge in [0.2, 0.25) is 0 Å². The summed E-state index contributed by atoms with van der Waals surface area (Å²) in [5, 5.41) is 9.02. The van der Waals surface area contributed by atoms with E-state index in [1.807, 2.05) is 48.7 Å². The van der Waals surface area contributed by atoms with E-state index in [-0.39, 0.29) is 0 Å². The third-order valence-corrected chi connectivity index (χ3v) is 4.03. The standard InChI is InChI=1S/C18H19ClN4/c19-16-6-8-18(9-7-16)23-14-12-22(13-15-23)11-10-20-21-17-4-2-1-3-5-17/h1-11H,12-15H2. The Morgan fingerprint density at radius 1 is 0.870 bits per heavy atom. The summed E-state index contributed by atoms with van der Waals surface area (Å²) in [6.07, 6.45) is 3.76. The van der Waals surface area contributed by atoms with Crippen molar-refractivity contribution in [3.8, 4) is 0 Å². The first-order valence-corrected chi connectivity index (χ1v) is 8.06. The molecule has 0 amide bonds. The van der Waals surface area contributed by atoms with Crippen molar-refractivity contribution in [3.63, 3.8) is 0 Å². The lowest BCUT2D eigenvalue weighted by molar-refractivity contribution is 0.348. The average Bonchev–Trinajstić information content (AvgIpc) is 2.61. The molecule has 23 heavy (non-hydrogen) atoms. The van der Waals surface area contributed by atoms with Crippen molar-refractivity contribution >= 4 is 23.0 Å². The summed E-state index contributed by atoms with van der Waals surface area (Å²) < 4.78 is 0. The van der Waals surface area contributed by atoms with Crippen LogP contribution in [0.5, 0.6) is 0 Å². The van der Waals surface area contributed by atoms with Crippen LogP contribution in [0.1, 0.15) is 0 Å². The molecule has 2 aromatic rings. The maximum atomic E-state index is 5.93. The summed E-state index contributed by atoms with van der Waals surface area (Å²) in [6.45, 7) is 3.92. The fourth-order valence-corrected chi connectivity index (χ4v) is 2.63. The Kier molecular flexibility index (Phi) is 5.27. The monoisotopic (exact) mass is 326 g/mol. The van der Waals surface area contributed by atoms with Gasteiger partial charge in [-0.2, -0.15) is 10.2 Å². The fourth-order valence-electron chi connectivity index (χ4n) is 2.50. The highest BCUT2D eigenvalue weighted by atomic mass is 35.5. The molecule has 5 heteroatoms. The van der Waals surface area contributed by atoms with Crippen molar-refractivity contribution in [1.29, 1.82) is 0 Å². The Morgan fingerprint density at radius 3 is 2.26 bits per heavy atom. The Bertz CT molecular complexity index is 659. The zero-order valence-electron chi connectivity index (χ0n) is 12.8. The maximum absolute atomic E-state index is 5.93. The fraction of sp³-hybridized carbons (Fsp3) is 0.222. The smallest absolute Gasteiger partial charge is 0.0856 e. The summed E-state index contributed by atoms with van der Waals surface area (Å²) in [7, 11) is 0. The topological polar surface area (TPSA) is 31.2 Å². The number of anilines is 1. The van der Waals surface area contributed by atoms with Crippen molar-refractivity contribution in [2.24, 2.45) is 10.2 Å². The van der Waals surface area contributed by atoms with E-state index in [1.165, 1.54) is 5.69 Å². The van der Waals surface area contributed by atoms with E-state index >= 15 is 0 Å². The van der Waals surface area contributed by atoms with Gasteiger partial charge in [0.05, 0.1) is 11.9 Å². The summed E-state index contributed by atoms with van der Waals surface area (Å²) in [5.74, 6) is 0. The van der Waals surface area contributed by atoms with Crippen LogP contribution in [0.25, 0.3) is 0 Å². The van der Waals surface area contributed by atoms with Gasteiger partial charge >= 0.3 is 0 Å². The molecule has 0 aromatic heterocycles. The molecule has 118 valence electrons. The first-order valence-electron chi connectivity index (χ1n) is 7.68. The minimum atomic E-state index is 0.777. The van der Waals surface area contributed by atoms with Crippen LogP contribution >= 0.6 is 11.6 Å². The van der Waals surface area contributed by atoms with Gasteiger partial charge in [0.15, 0.2) is 0 Å². The molecular weight excluding hydrogens is 308 g/mol. The summed E-state index contributed by atoms with van der Waals surface area (Å²) >= 11 is 5.93. The SMILES string of the molecule is Clc1ccc(N2CCN(C=CN=Nc3ccccc3)CC2)cc1. The van der Waals surface area contributed by atoms with Crippen LogP contribution in [0.3, 0.4) is 0 Å². The van der Waals surface area contributed by atoms with Crippen LogP contribution in [0.15, 0.2) is 77.2 Å². The molecule has 0 radical (unpaired) electrons. The highest BCUT2D eigenvalue weighted by Gasteiger charge is 2.14. The molecule has 1 fully saturated rings. The lowest BCUT2D eigenvalue weighted by atomic mass is 10.2. The van der Waals surface area contributed by atoms with Crippen molar-refractivity contribution in [3.05, 3.63) is 72.0 Å². The van der Waals surface area contributed by atoms with E-state index in [0.717, 1.165) is 36.9 Å². The van der Waals surface area contributed by atoms with Crippen molar-refractivity contribution < 1.29 is 0 Å². The Morgan fingerprint density at radius 2 is 1.57 bits per heavy atom. The average molecular weight is 327 g/mol. The number of nitrogens with zero attached hydrogens (tertiary/aromatic N) is 4. The molecule has 4 nitrogen and oxygen atoms in total. The van der Waals surface area contributed by atoms with E-state index in [2.05, 4.69) is 32.2 Å². The van der Waals surface area contributed by atoms with E-state index in [1.54, 1.807) is 6.20 Å². The minimum Gasteiger partial charge on any atom is -0.373 e. The van der Waals surface area contributed by atoms with Gasteiger partial charge in [0, 0.05) is 43.1 Å². The molecule has 0 aliphatic carbocycles. The molecular formula is C18H19ClN4. The van der Waals surface area contributed by atoms with E-state index in [9.17, 15) is 0 Å². The van der Waals surface area contributed by atoms with Gasteiger partial charge in [-0.3, -0.25) is 0 Å². The first kappa shape index (κ1) is 15.6. The van der Waals surface area contributed by atoms with Gasteiger partial charge < -0.3 is 9.80 Å². The Balaban J connectivity index is 1.48. The minimum absolute atomic E-state index is 0.777. The van der Waals surface area contributed by atoms with Crippen LogP contribution < -0.4 is 4.90 Å². The van der Waals surface area contributed by atoms with Crippen molar-refractivity contribution in [2.75, 3.05) is 31.1 Å². The zero-order valence-corrected chi connectivity index (χ0v) is 13.6. The quantitative estimate of drug-likeness (QED) is 0.761. The van der Waals surface area contributed by atoms with Crippen LogP contribution in [0.2, 0.25) is 5.02 Å². The van der Waals surface area contributed by atoms with Gasteiger partial charge in [0.1, 0.15) is 0 Å². The van der Waals surface area contributed by atoms with Crippen LogP contribution in [-0.2, 0) is 0 Å². The second kappa shape index (κ2) is 7.79. The molecule has 1 heterocycles. The third-order valence-electron chi connectivity index (χ3n) is 3.78. The number of rotatable bonds is 4. The van der Waals surface area contributed by atoms with Gasteiger partial charge in [-0.1, -0.05) is 29.8 Å². The number of halogens is 1. The number of benzene rings is 2. The molecule has 0 atom stereocenters. The number of azo groups is 1. The molecule has 0 saturated carbocycles. The van der Waals surface area contributed by atoms with E-state index in [0.29, 0.717) is 0 Å². The molecule has 1 aliphatic rings. The molecule has 3 rings (SSSR count). The lowest BCUT2D eigenvalue weighted by Gasteiger charge is -2.35. The molecule has 0 unspecified atom stereocenters. The molecule has 0 bridgehead atoms. The molecule has 1 saturated heterocycles. The molecule has 1 aliphatic heterocycles. The second-order valence-corrected chi connectivity index (χ2v) is 5.79. The molecule has 0 spiro atoms. The van der Waals surface area contributed by atoms with E-state index in [4.69, 9.17) is 11.6 Å². The molecule has 2 aromatic carbocycles. The molecule has 0 N–H and O–H groups in total. The summed E-state index contributed by atoms with van der Waals surface area (Å²) in [5.41, 5.74) is 2.09. The van der Waals surface area contributed by atoms with Gasteiger partial charge in [-0.25, -0.2) is 0 Å². The largest absolute Gasteiger partial charge is 0.373 e. The predicted molar refractivity (Wildman–Crippen MR) is 95.3 cm³/mol. The van der Waals surface area contributed by atoms with Crippen molar-refractivity contribution in [2.45, 2.75) is 0 Å². The van der Waals surface area contributed by atoms with Crippen LogP contribution in [0.4, 0.5) is 11.4 Å².